The van der Waals surface area contributed by atoms with Crippen LogP contribution in [0.4, 0.5) is 0 Å². The number of hydrogen-bond acceptors (Lipinski definition) is 3. The summed E-state index contributed by atoms with van der Waals surface area (Å²) in [5, 5.41) is 8.14. The summed E-state index contributed by atoms with van der Waals surface area (Å²) in [7, 11) is 0. The Labute approximate surface area is 126 Å². The van der Waals surface area contributed by atoms with Crippen LogP contribution in [0.1, 0.15) is 0 Å². The van der Waals surface area contributed by atoms with Crippen molar-refractivity contribution in [3.8, 4) is 22.9 Å². The molecule has 19 heavy (non-hydrogen) atoms. The lowest BCUT2D eigenvalue weighted by Crippen LogP contribution is -1.77. The van der Waals surface area contributed by atoms with Gasteiger partial charge in [0.1, 0.15) is 0 Å². The van der Waals surface area contributed by atoms with Crippen LogP contribution in [-0.4, -0.2) is 10.2 Å². The van der Waals surface area contributed by atoms with Crippen LogP contribution in [0.3, 0.4) is 0 Å². The first-order valence-corrected chi connectivity index (χ1v) is 7.16. The van der Waals surface area contributed by atoms with Gasteiger partial charge in [-0.15, -0.1) is 10.2 Å². The molecule has 0 unspecified atom stereocenters. The van der Waals surface area contributed by atoms with Gasteiger partial charge in [-0.2, -0.15) is 0 Å². The van der Waals surface area contributed by atoms with Gasteiger partial charge in [-0.1, -0.05) is 31.9 Å². The number of aromatic nitrogens is 2. The number of hydrogen-bond donors (Lipinski definition) is 0. The molecule has 0 radical (unpaired) electrons. The van der Waals surface area contributed by atoms with Crippen molar-refractivity contribution in [2.45, 2.75) is 0 Å². The van der Waals surface area contributed by atoms with E-state index < -0.39 is 0 Å². The van der Waals surface area contributed by atoms with Crippen LogP contribution < -0.4 is 0 Å². The summed E-state index contributed by atoms with van der Waals surface area (Å²) in [4.78, 5) is 0. The first kappa shape index (κ1) is 12.6. The maximum atomic E-state index is 5.68. The summed E-state index contributed by atoms with van der Waals surface area (Å²) in [6.07, 6.45) is 0. The molecule has 1 heterocycles. The van der Waals surface area contributed by atoms with Gasteiger partial charge in [0.05, 0.1) is 0 Å². The fourth-order valence-electron chi connectivity index (χ4n) is 1.64. The smallest absolute Gasteiger partial charge is 0.248 e. The van der Waals surface area contributed by atoms with Gasteiger partial charge in [0.15, 0.2) is 0 Å². The second-order valence-electron chi connectivity index (χ2n) is 3.93. The maximum Gasteiger partial charge on any atom is 0.248 e. The summed E-state index contributed by atoms with van der Waals surface area (Å²) in [6, 6.07) is 15.5. The summed E-state index contributed by atoms with van der Waals surface area (Å²) in [5.41, 5.74) is 1.80. The molecule has 3 aromatic rings. The predicted octanol–water partition coefficient (Wildman–Crippen LogP) is 4.93. The van der Waals surface area contributed by atoms with Gasteiger partial charge in [-0.25, -0.2) is 0 Å². The van der Waals surface area contributed by atoms with E-state index in [2.05, 4.69) is 42.1 Å². The molecule has 2 aromatic carbocycles. The fraction of sp³-hybridized carbons (Fsp3) is 0. The van der Waals surface area contributed by atoms with Crippen LogP contribution in [0.2, 0.25) is 0 Å². The number of rotatable bonds is 2. The van der Waals surface area contributed by atoms with E-state index in [1.165, 1.54) is 0 Å². The van der Waals surface area contributed by atoms with Crippen LogP contribution in [0.5, 0.6) is 0 Å². The van der Waals surface area contributed by atoms with Crippen molar-refractivity contribution < 1.29 is 4.42 Å². The normalized spacial score (nSPS) is 10.6. The SMILES string of the molecule is Brc1ccc(-c2nnc(-c3ccc(Br)cc3)o2)cc1. The average Bonchev–Trinajstić information content (AvgIpc) is 2.90. The van der Waals surface area contributed by atoms with Crippen LogP contribution in [0, 0.1) is 0 Å². The molecule has 0 fully saturated rings. The van der Waals surface area contributed by atoms with Crippen molar-refractivity contribution in [1.29, 1.82) is 0 Å². The molecular weight excluding hydrogens is 372 g/mol. The van der Waals surface area contributed by atoms with Gasteiger partial charge >= 0.3 is 0 Å². The predicted molar refractivity (Wildman–Crippen MR) is 80.6 cm³/mol. The molecule has 0 aliphatic heterocycles. The van der Waals surface area contributed by atoms with E-state index in [0.29, 0.717) is 11.8 Å². The van der Waals surface area contributed by atoms with Crippen LogP contribution in [0.25, 0.3) is 22.9 Å². The topological polar surface area (TPSA) is 38.9 Å². The third kappa shape index (κ3) is 2.77. The summed E-state index contributed by atoms with van der Waals surface area (Å²) in [6.45, 7) is 0. The molecule has 0 N–H and O–H groups in total. The minimum atomic E-state index is 0.519. The lowest BCUT2D eigenvalue weighted by molar-refractivity contribution is 0.584. The Kier molecular flexibility index (Phi) is 3.48. The highest BCUT2D eigenvalue weighted by Crippen LogP contribution is 2.25. The largest absolute Gasteiger partial charge is 0.416 e. The molecular formula is C14H8Br2N2O. The molecule has 0 aliphatic carbocycles. The van der Waals surface area contributed by atoms with E-state index in [1.807, 2.05) is 48.5 Å². The van der Waals surface area contributed by atoms with Crippen molar-refractivity contribution in [2.24, 2.45) is 0 Å². The molecule has 0 saturated heterocycles. The van der Waals surface area contributed by atoms with Gasteiger partial charge in [-0.3, -0.25) is 0 Å². The average molecular weight is 380 g/mol. The van der Waals surface area contributed by atoms with Gasteiger partial charge < -0.3 is 4.42 Å². The van der Waals surface area contributed by atoms with Gasteiger partial charge in [0, 0.05) is 20.1 Å². The summed E-state index contributed by atoms with van der Waals surface area (Å²) in [5.74, 6) is 1.04. The van der Waals surface area contributed by atoms with E-state index in [-0.39, 0.29) is 0 Å². The second-order valence-corrected chi connectivity index (χ2v) is 5.76. The highest BCUT2D eigenvalue weighted by Gasteiger charge is 2.10. The second kappa shape index (κ2) is 5.27. The molecule has 3 rings (SSSR count). The Morgan fingerprint density at radius 1 is 0.632 bits per heavy atom. The first-order chi connectivity index (χ1) is 9.22. The van der Waals surface area contributed by atoms with Crippen molar-refractivity contribution in [2.75, 3.05) is 0 Å². The minimum absolute atomic E-state index is 0.519. The molecule has 1 aromatic heterocycles. The lowest BCUT2D eigenvalue weighted by atomic mass is 10.2. The summed E-state index contributed by atoms with van der Waals surface area (Å²) >= 11 is 6.79. The van der Waals surface area contributed by atoms with Crippen LogP contribution in [0.15, 0.2) is 61.9 Å². The number of halogens is 2. The zero-order valence-corrected chi connectivity index (χ0v) is 12.8. The Hall–Kier alpha value is -1.46. The minimum Gasteiger partial charge on any atom is -0.416 e. The standard InChI is InChI=1S/C14H8Br2N2O/c15-11-5-1-9(2-6-11)13-17-18-14(19-13)10-3-7-12(16)8-4-10/h1-8H. The Bertz CT molecular complexity index is 630. The number of benzene rings is 2. The molecule has 0 spiro atoms. The molecule has 5 heteroatoms. The molecule has 0 saturated carbocycles. The summed E-state index contributed by atoms with van der Waals surface area (Å²) < 4.78 is 7.72. The molecule has 0 atom stereocenters. The lowest BCUT2D eigenvalue weighted by Gasteiger charge is -1.96. The molecule has 94 valence electrons. The quantitative estimate of drug-likeness (QED) is 0.633. The fourth-order valence-corrected chi connectivity index (χ4v) is 2.17. The third-order valence-corrected chi connectivity index (χ3v) is 3.66. The Morgan fingerprint density at radius 3 is 1.37 bits per heavy atom. The Balaban J connectivity index is 1.95. The Morgan fingerprint density at radius 2 is 1.00 bits per heavy atom. The highest BCUT2D eigenvalue weighted by atomic mass is 79.9. The maximum absolute atomic E-state index is 5.68. The van der Waals surface area contributed by atoms with Crippen molar-refractivity contribution >= 4 is 31.9 Å². The zero-order valence-electron chi connectivity index (χ0n) is 9.68. The van der Waals surface area contributed by atoms with E-state index in [1.54, 1.807) is 0 Å². The first-order valence-electron chi connectivity index (χ1n) is 5.58. The van der Waals surface area contributed by atoms with E-state index in [9.17, 15) is 0 Å². The van der Waals surface area contributed by atoms with Crippen molar-refractivity contribution in [3.63, 3.8) is 0 Å². The van der Waals surface area contributed by atoms with Crippen molar-refractivity contribution in [1.82, 2.24) is 10.2 Å². The van der Waals surface area contributed by atoms with Crippen LogP contribution in [-0.2, 0) is 0 Å². The van der Waals surface area contributed by atoms with Gasteiger partial charge in [-0.05, 0) is 48.5 Å². The van der Waals surface area contributed by atoms with E-state index in [4.69, 9.17) is 4.42 Å². The van der Waals surface area contributed by atoms with Crippen molar-refractivity contribution in [3.05, 3.63) is 57.5 Å². The molecule has 3 nitrogen and oxygen atoms in total. The third-order valence-electron chi connectivity index (χ3n) is 2.61. The van der Waals surface area contributed by atoms with Gasteiger partial charge in [0.25, 0.3) is 0 Å². The number of nitrogens with zero attached hydrogens (tertiary/aromatic N) is 2. The van der Waals surface area contributed by atoms with E-state index in [0.717, 1.165) is 20.1 Å². The molecule has 0 bridgehead atoms. The monoisotopic (exact) mass is 378 g/mol. The molecule has 0 amide bonds. The van der Waals surface area contributed by atoms with Gasteiger partial charge in [0.2, 0.25) is 11.8 Å². The zero-order chi connectivity index (χ0) is 13.2. The van der Waals surface area contributed by atoms with Crippen LogP contribution >= 0.6 is 31.9 Å². The van der Waals surface area contributed by atoms with E-state index >= 15 is 0 Å². The highest BCUT2D eigenvalue weighted by molar-refractivity contribution is 9.10. The molecule has 0 aliphatic rings.